The van der Waals surface area contributed by atoms with Crippen LogP contribution >= 0.6 is 0 Å². The van der Waals surface area contributed by atoms with E-state index < -0.39 is 6.23 Å². The molecule has 2 rings (SSSR count). The molecular weight excluding hydrogens is 162 g/mol. The summed E-state index contributed by atoms with van der Waals surface area (Å²) in [6, 6.07) is 0. The Hall–Kier alpha value is -0.940. The van der Waals surface area contributed by atoms with Crippen LogP contribution in [-0.4, -0.2) is 40.8 Å². The summed E-state index contributed by atoms with van der Waals surface area (Å²) in [6.45, 7) is -0.137. The Morgan fingerprint density at radius 1 is 1.42 bits per heavy atom. The second-order valence-electron chi connectivity index (χ2n) is 2.91. The molecule has 2 amide bonds. The van der Waals surface area contributed by atoms with Gasteiger partial charge >= 0.3 is 0 Å². The predicted molar refractivity (Wildman–Crippen MR) is 36.8 cm³/mol. The first-order valence-corrected chi connectivity index (χ1v) is 3.85. The van der Waals surface area contributed by atoms with Crippen LogP contribution in [0.2, 0.25) is 0 Å². The molecule has 5 nitrogen and oxygen atoms in total. The van der Waals surface area contributed by atoms with Crippen molar-refractivity contribution in [1.82, 2.24) is 4.90 Å². The van der Waals surface area contributed by atoms with Crippen molar-refractivity contribution in [1.29, 1.82) is 0 Å². The molecule has 0 aromatic heterocycles. The van der Waals surface area contributed by atoms with Crippen LogP contribution in [0.1, 0.15) is 12.8 Å². The Morgan fingerprint density at radius 2 is 2.00 bits per heavy atom. The minimum atomic E-state index is -0.488. The number of amides is 2. The zero-order chi connectivity index (χ0) is 8.72. The lowest BCUT2D eigenvalue weighted by Gasteiger charge is -2.08. The fourth-order valence-corrected chi connectivity index (χ4v) is 1.37. The molecule has 2 heterocycles. The van der Waals surface area contributed by atoms with Gasteiger partial charge in [0.1, 0.15) is 6.10 Å². The maximum atomic E-state index is 11.1. The molecule has 2 aliphatic heterocycles. The highest BCUT2D eigenvalue weighted by atomic mass is 16.6. The van der Waals surface area contributed by atoms with Crippen molar-refractivity contribution in [3.05, 3.63) is 0 Å². The van der Waals surface area contributed by atoms with Gasteiger partial charge in [-0.15, -0.1) is 0 Å². The Bertz CT molecular complexity index is 224. The van der Waals surface area contributed by atoms with E-state index in [9.17, 15) is 9.59 Å². The molecule has 0 bridgehead atoms. The predicted octanol–water partition coefficient (Wildman–Crippen LogP) is -1.15. The molecule has 0 spiro atoms. The van der Waals surface area contributed by atoms with Gasteiger partial charge in [0.05, 0.1) is 6.61 Å². The normalized spacial score (nSPS) is 34.6. The van der Waals surface area contributed by atoms with E-state index in [0.29, 0.717) is 0 Å². The lowest BCUT2D eigenvalue weighted by Crippen LogP contribution is -2.33. The number of carbonyl (C=O) groups excluding carboxylic acids is 2. The second kappa shape index (κ2) is 2.53. The Labute approximate surface area is 68.9 Å². The summed E-state index contributed by atoms with van der Waals surface area (Å²) < 4.78 is 4.93. The molecule has 0 aliphatic carbocycles. The van der Waals surface area contributed by atoms with Crippen molar-refractivity contribution in [2.45, 2.75) is 25.2 Å². The SMILES string of the molecule is O=C1CCC(=O)N1C1OC1CO. The minimum absolute atomic E-state index is 0.137. The molecule has 0 saturated carbocycles. The smallest absolute Gasteiger partial charge is 0.231 e. The van der Waals surface area contributed by atoms with E-state index in [2.05, 4.69) is 0 Å². The number of imide groups is 1. The van der Waals surface area contributed by atoms with Gasteiger partial charge in [0.25, 0.3) is 0 Å². The third-order valence-electron chi connectivity index (χ3n) is 2.08. The summed E-state index contributed by atoms with van der Waals surface area (Å²) in [7, 11) is 0. The van der Waals surface area contributed by atoms with Gasteiger partial charge in [0.15, 0.2) is 6.23 Å². The lowest BCUT2D eigenvalue weighted by molar-refractivity contribution is -0.140. The van der Waals surface area contributed by atoms with Crippen molar-refractivity contribution in [3.63, 3.8) is 0 Å². The van der Waals surface area contributed by atoms with Crippen molar-refractivity contribution in [2.24, 2.45) is 0 Å². The van der Waals surface area contributed by atoms with Crippen molar-refractivity contribution in [2.75, 3.05) is 6.61 Å². The van der Waals surface area contributed by atoms with Crippen LogP contribution in [0.4, 0.5) is 0 Å². The highest BCUT2D eigenvalue weighted by Gasteiger charge is 2.50. The van der Waals surface area contributed by atoms with Gasteiger partial charge in [0, 0.05) is 12.8 Å². The Morgan fingerprint density at radius 3 is 2.42 bits per heavy atom. The zero-order valence-electron chi connectivity index (χ0n) is 6.40. The van der Waals surface area contributed by atoms with Crippen LogP contribution in [0.25, 0.3) is 0 Å². The maximum absolute atomic E-state index is 11.1. The number of aliphatic hydroxyl groups is 1. The summed E-state index contributed by atoms with van der Waals surface area (Å²) in [6.07, 6.45) is -0.290. The molecule has 5 heteroatoms. The molecule has 2 fully saturated rings. The molecule has 12 heavy (non-hydrogen) atoms. The summed E-state index contributed by atoms with van der Waals surface area (Å²) in [5, 5.41) is 8.64. The van der Waals surface area contributed by atoms with Crippen molar-refractivity contribution in [3.8, 4) is 0 Å². The van der Waals surface area contributed by atoms with Crippen molar-refractivity contribution >= 4 is 11.8 Å². The maximum Gasteiger partial charge on any atom is 0.231 e. The molecule has 1 N–H and O–H groups in total. The van der Waals surface area contributed by atoms with Gasteiger partial charge in [-0.1, -0.05) is 0 Å². The van der Waals surface area contributed by atoms with E-state index in [-0.39, 0.29) is 37.4 Å². The van der Waals surface area contributed by atoms with Crippen molar-refractivity contribution < 1.29 is 19.4 Å². The third kappa shape index (κ3) is 1.02. The van der Waals surface area contributed by atoms with E-state index in [1.54, 1.807) is 0 Å². The number of aliphatic hydroxyl groups excluding tert-OH is 1. The van der Waals surface area contributed by atoms with Gasteiger partial charge in [-0.3, -0.25) is 14.5 Å². The standard InChI is InChI=1S/C7H9NO4/c9-3-4-7(12-4)8-5(10)1-2-6(8)11/h4,7,9H,1-3H2. The molecule has 2 aliphatic rings. The van der Waals surface area contributed by atoms with Gasteiger partial charge in [-0.05, 0) is 0 Å². The first-order valence-electron chi connectivity index (χ1n) is 3.85. The fourth-order valence-electron chi connectivity index (χ4n) is 1.37. The second-order valence-corrected chi connectivity index (χ2v) is 2.91. The number of likely N-dealkylation sites (tertiary alicyclic amines) is 1. The number of hydrogen-bond acceptors (Lipinski definition) is 4. The summed E-state index contributed by atoms with van der Waals surface area (Å²) in [5.41, 5.74) is 0. The van der Waals surface area contributed by atoms with Crippen LogP contribution < -0.4 is 0 Å². The van der Waals surface area contributed by atoms with E-state index in [1.807, 2.05) is 0 Å². The van der Waals surface area contributed by atoms with E-state index in [1.165, 1.54) is 0 Å². The van der Waals surface area contributed by atoms with Crippen LogP contribution in [0.3, 0.4) is 0 Å². The highest BCUT2D eigenvalue weighted by molar-refractivity contribution is 6.02. The van der Waals surface area contributed by atoms with E-state index >= 15 is 0 Å². The third-order valence-corrected chi connectivity index (χ3v) is 2.08. The summed E-state index contributed by atoms with van der Waals surface area (Å²) >= 11 is 0. The Kier molecular flexibility index (Phi) is 1.62. The molecule has 0 radical (unpaired) electrons. The van der Waals surface area contributed by atoms with E-state index in [0.717, 1.165) is 4.90 Å². The highest BCUT2D eigenvalue weighted by Crippen LogP contribution is 2.29. The van der Waals surface area contributed by atoms with Crippen LogP contribution in [0.15, 0.2) is 0 Å². The van der Waals surface area contributed by atoms with Crippen LogP contribution in [0, 0.1) is 0 Å². The van der Waals surface area contributed by atoms with E-state index in [4.69, 9.17) is 9.84 Å². The number of nitrogens with zero attached hydrogens (tertiary/aromatic N) is 1. The summed E-state index contributed by atoms with van der Waals surface area (Å²) in [5.74, 6) is -0.387. The quantitative estimate of drug-likeness (QED) is 0.421. The molecular formula is C7H9NO4. The number of carbonyl (C=O) groups is 2. The van der Waals surface area contributed by atoms with Crippen LogP contribution in [-0.2, 0) is 14.3 Å². The molecule has 2 atom stereocenters. The molecule has 2 unspecified atom stereocenters. The monoisotopic (exact) mass is 171 g/mol. The number of rotatable bonds is 2. The van der Waals surface area contributed by atoms with Crippen LogP contribution in [0.5, 0.6) is 0 Å². The topological polar surface area (TPSA) is 70.1 Å². The lowest BCUT2D eigenvalue weighted by atomic mass is 10.4. The number of hydrogen-bond donors (Lipinski definition) is 1. The first kappa shape index (κ1) is 7.70. The number of ether oxygens (including phenoxy) is 1. The molecule has 0 aromatic rings. The number of epoxide rings is 1. The van der Waals surface area contributed by atoms with Gasteiger partial charge < -0.3 is 9.84 Å². The minimum Gasteiger partial charge on any atom is -0.393 e. The average Bonchev–Trinajstić information content (AvgIpc) is 2.74. The zero-order valence-corrected chi connectivity index (χ0v) is 6.40. The molecule has 0 aromatic carbocycles. The molecule has 66 valence electrons. The molecule has 2 saturated heterocycles. The van der Waals surface area contributed by atoms with Gasteiger partial charge in [-0.2, -0.15) is 0 Å². The van der Waals surface area contributed by atoms with Gasteiger partial charge in [-0.25, -0.2) is 0 Å². The Balaban J connectivity index is 2.04. The largest absolute Gasteiger partial charge is 0.393 e. The fraction of sp³-hybridized carbons (Fsp3) is 0.714. The first-order chi connectivity index (χ1) is 5.74. The average molecular weight is 171 g/mol. The summed E-state index contributed by atoms with van der Waals surface area (Å²) in [4.78, 5) is 23.3. The van der Waals surface area contributed by atoms with Gasteiger partial charge in [0.2, 0.25) is 11.8 Å².